The summed E-state index contributed by atoms with van der Waals surface area (Å²) >= 11 is 0. The first-order valence-electron chi connectivity index (χ1n) is 7.25. The van der Waals surface area contributed by atoms with Crippen LogP contribution in [0.25, 0.3) is 0 Å². The quantitative estimate of drug-likeness (QED) is 0.439. The summed E-state index contributed by atoms with van der Waals surface area (Å²) in [5.41, 5.74) is 6.79. The molecule has 3 N–H and O–H groups in total. The number of amides is 1. The standard InChI is InChI=1S/C15H23N5O.HI/c1-13(21)20-11-9-19(10-12-20)8-7-17-15(16)18-14-5-3-2-4-6-14;/h2-6H,7-12H2,1H3,(H3,16,17,18);1H. The van der Waals surface area contributed by atoms with E-state index in [1.807, 2.05) is 35.2 Å². The molecule has 22 heavy (non-hydrogen) atoms. The van der Waals surface area contributed by atoms with Crippen LogP contribution in [0.4, 0.5) is 5.69 Å². The van der Waals surface area contributed by atoms with Crippen LogP contribution in [0.1, 0.15) is 6.92 Å². The predicted octanol–water partition coefficient (Wildman–Crippen LogP) is 1.20. The molecule has 6 nitrogen and oxygen atoms in total. The van der Waals surface area contributed by atoms with Gasteiger partial charge in [0.25, 0.3) is 0 Å². The van der Waals surface area contributed by atoms with Crippen LogP contribution in [0.2, 0.25) is 0 Å². The highest BCUT2D eigenvalue weighted by Crippen LogP contribution is 2.04. The van der Waals surface area contributed by atoms with Crippen molar-refractivity contribution in [3.8, 4) is 0 Å². The molecule has 0 bridgehead atoms. The first-order chi connectivity index (χ1) is 10.1. The summed E-state index contributed by atoms with van der Waals surface area (Å²) in [6.45, 7) is 6.56. The van der Waals surface area contributed by atoms with Gasteiger partial charge in [-0.3, -0.25) is 14.7 Å². The topological polar surface area (TPSA) is 74.0 Å². The second-order valence-corrected chi connectivity index (χ2v) is 5.11. The van der Waals surface area contributed by atoms with Gasteiger partial charge in [-0.15, -0.1) is 24.0 Å². The van der Waals surface area contributed by atoms with Crippen molar-refractivity contribution in [2.75, 3.05) is 44.6 Å². The highest BCUT2D eigenvalue weighted by Gasteiger charge is 2.17. The molecule has 1 aromatic carbocycles. The smallest absolute Gasteiger partial charge is 0.219 e. The number of nitrogens with zero attached hydrogens (tertiary/aromatic N) is 3. The molecule has 0 aliphatic carbocycles. The number of hydrogen-bond acceptors (Lipinski definition) is 3. The largest absolute Gasteiger partial charge is 0.370 e. The summed E-state index contributed by atoms with van der Waals surface area (Å²) < 4.78 is 0. The number of nitrogens with one attached hydrogen (secondary N) is 1. The zero-order valence-corrected chi connectivity index (χ0v) is 15.2. The number of hydrogen-bond donors (Lipinski definition) is 2. The number of nitrogens with two attached hydrogens (primary N) is 1. The maximum atomic E-state index is 11.2. The molecule has 1 aliphatic heterocycles. The van der Waals surface area contributed by atoms with Gasteiger partial charge in [-0.1, -0.05) is 18.2 Å². The van der Waals surface area contributed by atoms with Gasteiger partial charge in [0.1, 0.15) is 0 Å². The van der Waals surface area contributed by atoms with E-state index in [1.54, 1.807) is 6.92 Å². The molecule has 1 aromatic rings. The molecule has 0 spiro atoms. The highest BCUT2D eigenvalue weighted by atomic mass is 127. The van der Waals surface area contributed by atoms with Crippen LogP contribution in [-0.4, -0.2) is 60.9 Å². The van der Waals surface area contributed by atoms with Gasteiger partial charge in [0.05, 0.1) is 6.54 Å². The van der Waals surface area contributed by atoms with E-state index in [0.717, 1.165) is 38.4 Å². The van der Waals surface area contributed by atoms with Crippen molar-refractivity contribution < 1.29 is 4.79 Å². The third-order valence-electron chi connectivity index (χ3n) is 3.56. The Morgan fingerprint density at radius 3 is 2.45 bits per heavy atom. The molecule has 1 heterocycles. The number of anilines is 1. The Morgan fingerprint density at radius 2 is 1.86 bits per heavy atom. The molecular weight excluding hydrogens is 393 g/mol. The van der Waals surface area contributed by atoms with Gasteiger partial charge in [-0.2, -0.15) is 0 Å². The van der Waals surface area contributed by atoms with Crippen LogP contribution >= 0.6 is 24.0 Å². The Balaban J connectivity index is 0.00000242. The Bertz CT molecular complexity index is 486. The van der Waals surface area contributed by atoms with E-state index in [4.69, 9.17) is 5.73 Å². The summed E-state index contributed by atoms with van der Waals surface area (Å²) in [5.74, 6) is 0.590. The molecule has 1 aliphatic rings. The maximum Gasteiger partial charge on any atom is 0.219 e. The molecule has 122 valence electrons. The van der Waals surface area contributed by atoms with Crippen molar-refractivity contribution in [1.29, 1.82) is 0 Å². The molecule has 0 atom stereocenters. The van der Waals surface area contributed by atoms with Crippen molar-refractivity contribution in [2.45, 2.75) is 6.92 Å². The zero-order valence-electron chi connectivity index (χ0n) is 12.9. The molecule has 2 rings (SSSR count). The fourth-order valence-corrected chi connectivity index (χ4v) is 2.31. The summed E-state index contributed by atoms with van der Waals surface area (Å²) in [5, 5.41) is 3.06. The van der Waals surface area contributed by atoms with E-state index in [2.05, 4.69) is 15.2 Å². The number of aliphatic imine (C=N–C) groups is 1. The van der Waals surface area contributed by atoms with E-state index in [9.17, 15) is 4.79 Å². The molecular formula is C15H24IN5O. The summed E-state index contributed by atoms with van der Waals surface area (Å²) in [6, 6.07) is 9.75. The monoisotopic (exact) mass is 417 g/mol. The van der Waals surface area contributed by atoms with Crippen molar-refractivity contribution in [2.24, 2.45) is 10.7 Å². The lowest BCUT2D eigenvalue weighted by Gasteiger charge is -2.33. The number of halogens is 1. The third-order valence-corrected chi connectivity index (χ3v) is 3.56. The normalized spacial score (nSPS) is 16.0. The average Bonchev–Trinajstić information content (AvgIpc) is 2.49. The first kappa shape index (κ1) is 18.7. The first-order valence-corrected chi connectivity index (χ1v) is 7.25. The number of guanidine groups is 1. The SMILES string of the molecule is CC(=O)N1CCN(CCN=C(N)Nc2ccccc2)CC1.I. The molecule has 0 unspecified atom stereocenters. The lowest BCUT2D eigenvalue weighted by molar-refractivity contribution is -0.130. The Hall–Kier alpha value is -1.35. The predicted molar refractivity (Wildman–Crippen MR) is 101 cm³/mol. The minimum atomic E-state index is 0. The number of piperazine rings is 1. The van der Waals surface area contributed by atoms with Gasteiger partial charge >= 0.3 is 0 Å². The van der Waals surface area contributed by atoms with Gasteiger partial charge < -0.3 is 16.0 Å². The van der Waals surface area contributed by atoms with E-state index < -0.39 is 0 Å². The van der Waals surface area contributed by atoms with Crippen molar-refractivity contribution in [3.63, 3.8) is 0 Å². The molecule has 7 heteroatoms. The van der Waals surface area contributed by atoms with E-state index in [-0.39, 0.29) is 29.9 Å². The number of carbonyl (C=O) groups is 1. The van der Waals surface area contributed by atoms with Crippen molar-refractivity contribution in [1.82, 2.24) is 9.80 Å². The van der Waals surface area contributed by atoms with Crippen molar-refractivity contribution in [3.05, 3.63) is 30.3 Å². The van der Waals surface area contributed by atoms with Gasteiger partial charge in [0.15, 0.2) is 5.96 Å². The fraction of sp³-hybridized carbons (Fsp3) is 0.467. The molecule has 0 radical (unpaired) electrons. The summed E-state index contributed by atoms with van der Waals surface area (Å²) in [4.78, 5) is 19.8. The van der Waals surface area contributed by atoms with Gasteiger partial charge in [0, 0.05) is 45.3 Å². The van der Waals surface area contributed by atoms with Crippen LogP contribution in [0.3, 0.4) is 0 Å². The van der Waals surface area contributed by atoms with Crippen LogP contribution < -0.4 is 11.1 Å². The molecule has 0 aromatic heterocycles. The lowest BCUT2D eigenvalue weighted by Crippen LogP contribution is -2.48. The number of benzene rings is 1. The van der Waals surface area contributed by atoms with E-state index in [0.29, 0.717) is 12.5 Å². The van der Waals surface area contributed by atoms with E-state index >= 15 is 0 Å². The number of para-hydroxylation sites is 1. The van der Waals surface area contributed by atoms with Crippen molar-refractivity contribution >= 4 is 41.5 Å². The summed E-state index contributed by atoms with van der Waals surface area (Å²) in [6.07, 6.45) is 0. The fourth-order valence-electron chi connectivity index (χ4n) is 2.31. The second-order valence-electron chi connectivity index (χ2n) is 5.11. The highest BCUT2D eigenvalue weighted by molar-refractivity contribution is 14.0. The lowest BCUT2D eigenvalue weighted by atomic mass is 10.3. The third kappa shape index (κ3) is 6.18. The minimum Gasteiger partial charge on any atom is -0.370 e. The second kappa shape index (κ2) is 9.62. The van der Waals surface area contributed by atoms with Crippen LogP contribution in [0, 0.1) is 0 Å². The van der Waals surface area contributed by atoms with Crippen LogP contribution in [0.5, 0.6) is 0 Å². The Kier molecular flexibility index (Phi) is 8.18. The molecule has 1 saturated heterocycles. The van der Waals surface area contributed by atoms with Gasteiger partial charge in [0.2, 0.25) is 5.91 Å². The van der Waals surface area contributed by atoms with Gasteiger partial charge in [-0.05, 0) is 12.1 Å². The number of rotatable bonds is 4. The molecule has 0 saturated carbocycles. The average molecular weight is 417 g/mol. The maximum absolute atomic E-state index is 11.2. The van der Waals surface area contributed by atoms with E-state index in [1.165, 1.54) is 0 Å². The Labute approximate surface area is 148 Å². The Morgan fingerprint density at radius 1 is 1.23 bits per heavy atom. The minimum absolute atomic E-state index is 0. The summed E-state index contributed by atoms with van der Waals surface area (Å²) in [7, 11) is 0. The van der Waals surface area contributed by atoms with Crippen LogP contribution in [-0.2, 0) is 4.79 Å². The van der Waals surface area contributed by atoms with Crippen LogP contribution in [0.15, 0.2) is 35.3 Å². The molecule has 1 fully saturated rings. The van der Waals surface area contributed by atoms with Gasteiger partial charge in [-0.25, -0.2) is 0 Å². The number of carbonyl (C=O) groups excluding carboxylic acids is 1. The zero-order chi connectivity index (χ0) is 15.1. The molecule has 1 amide bonds.